The van der Waals surface area contributed by atoms with Crippen LogP contribution in [0, 0.1) is 5.92 Å². The minimum Gasteiger partial charge on any atom is -0.543 e. The Morgan fingerprint density at radius 3 is 1.99 bits per heavy atom. The number of nitrogens with zero attached hydrogens (tertiary/aromatic N) is 4. The fourth-order valence-corrected chi connectivity index (χ4v) is 20.6. The Labute approximate surface area is 877 Å². The van der Waals surface area contributed by atoms with Crippen molar-refractivity contribution in [3.63, 3.8) is 0 Å². The quantitative estimate of drug-likeness (QED) is 0.00747. The fraction of sp³-hybridized carbons (Fsp3) is 0.438. The number of carbonyl (C=O) groups excluding carboxylic acids is 12. The van der Waals surface area contributed by atoms with Gasteiger partial charge in [0.25, 0.3) is 11.8 Å². The summed E-state index contributed by atoms with van der Waals surface area (Å²) in [5.74, 6) is -20.9. The number of aliphatic hydroxyl groups is 6. The number of oxime groups is 1. The van der Waals surface area contributed by atoms with Crippen LogP contribution < -0.4 is 99.6 Å². The van der Waals surface area contributed by atoms with Gasteiger partial charge in [-0.15, -0.1) is 11.8 Å². The number of thiazole rings is 1. The summed E-state index contributed by atoms with van der Waals surface area (Å²) in [7, 11) is 1.46. The fourth-order valence-electron chi connectivity index (χ4n) is 17.9. The number of benzene rings is 5. The molecule has 11 bridgehead atoms. The molecule has 20 atom stereocenters. The first-order valence-electron chi connectivity index (χ1n) is 47.3. The zero-order valence-corrected chi connectivity index (χ0v) is 84.6. The molecule has 9 aliphatic rings. The van der Waals surface area contributed by atoms with E-state index in [0.717, 1.165) is 83.0 Å². The summed E-state index contributed by atoms with van der Waals surface area (Å²) in [5, 5.41) is 162. The van der Waals surface area contributed by atoms with Crippen molar-refractivity contribution in [3.8, 4) is 57.1 Å². The Kier molecular flexibility index (Phi) is 36.4. The predicted octanol–water partition coefficient (Wildman–Crippen LogP) is -1.12. The van der Waals surface area contributed by atoms with Crippen molar-refractivity contribution < 1.29 is 156 Å². The van der Waals surface area contributed by atoms with E-state index in [1.807, 2.05) is 0 Å². The van der Waals surface area contributed by atoms with Crippen LogP contribution in [0.3, 0.4) is 0 Å². The summed E-state index contributed by atoms with van der Waals surface area (Å²) in [6, 6.07) is 1.65. The second-order valence-corrected chi connectivity index (χ2v) is 40.6. The van der Waals surface area contributed by atoms with Gasteiger partial charge in [-0.3, -0.25) is 57.6 Å². The van der Waals surface area contributed by atoms with Crippen LogP contribution in [0.15, 0.2) is 120 Å². The molecule has 150 heavy (non-hydrogen) atoms. The lowest BCUT2D eigenvalue weighted by Gasteiger charge is -2.50. The van der Waals surface area contributed by atoms with Gasteiger partial charge in [0.2, 0.25) is 65.2 Å². The molecule has 11 amide bonds. The molecule has 3 saturated heterocycles. The molecule has 5 aromatic carbocycles. The van der Waals surface area contributed by atoms with Crippen LogP contribution in [-0.4, -0.2) is 280 Å². The molecule has 49 nitrogen and oxygen atoms in total. The Balaban J connectivity index is 0.724. The number of amides is 11. The molecule has 16 rings (SSSR count). The van der Waals surface area contributed by atoms with E-state index in [1.165, 1.54) is 38.7 Å². The number of phenols is 3. The number of likely N-dealkylation sites (N-methyl/N-ethyl adjacent to an activating group) is 1. The largest absolute Gasteiger partial charge is 0.543 e. The van der Waals surface area contributed by atoms with E-state index >= 15 is 24.0 Å². The van der Waals surface area contributed by atoms with Gasteiger partial charge in [-0.05, 0) is 123 Å². The molecule has 0 aliphatic carbocycles. The zero-order valence-electron chi connectivity index (χ0n) is 80.7. The molecule has 9 aliphatic heterocycles. The second kappa shape index (κ2) is 48.7. The normalized spacial score (nSPS) is 25.6. The van der Waals surface area contributed by atoms with Crippen LogP contribution in [-0.2, 0) is 94.5 Å². The number of carboxylic acids is 2. The summed E-state index contributed by atoms with van der Waals surface area (Å²) >= 11 is 22.8. The molecule has 804 valence electrons. The minimum absolute atomic E-state index is 0.0131. The van der Waals surface area contributed by atoms with E-state index in [1.54, 1.807) is 49.0 Å². The highest BCUT2D eigenvalue weighted by Gasteiger charge is 2.56. The average Bonchev–Trinajstić information content (AvgIpc) is 0.735. The molecule has 1 unspecified atom stereocenters. The Hall–Kier alpha value is -13.5. The lowest BCUT2D eigenvalue weighted by Crippen LogP contribution is -2.71. The molecule has 54 heteroatoms. The van der Waals surface area contributed by atoms with Gasteiger partial charge in [0, 0.05) is 97.6 Å². The van der Waals surface area contributed by atoms with Crippen LogP contribution in [0.25, 0.3) is 11.1 Å². The van der Waals surface area contributed by atoms with Crippen molar-refractivity contribution in [3.05, 3.63) is 168 Å². The Morgan fingerprint density at radius 2 is 1.37 bits per heavy atom. The van der Waals surface area contributed by atoms with Gasteiger partial charge < -0.3 is 170 Å². The minimum atomic E-state index is -2.44. The van der Waals surface area contributed by atoms with E-state index < -0.39 is 306 Å². The maximum Gasteiger partial charge on any atom is 0.330 e. The lowest BCUT2D eigenvalue weighted by molar-refractivity contribution is -0.689. The molecular weight excluding hydrogens is 2070 g/mol. The maximum atomic E-state index is 16.4. The van der Waals surface area contributed by atoms with Crippen molar-refractivity contribution in [2.24, 2.45) is 22.5 Å². The van der Waals surface area contributed by atoms with Gasteiger partial charge in [-0.2, -0.15) is 0 Å². The van der Waals surface area contributed by atoms with Gasteiger partial charge in [-0.1, -0.05) is 89.4 Å². The van der Waals surface area contributed by atoms with Crippen molar-refractivity contribution in [1.29, 1.82) is 0 Å². The number of carbonyl (C=O) groups is 13. The smallest absolute Gasteiger partial charge is 0.330 e. The number of unbranched alkanes of at least 4 members (excludes halogenated alkanes) is 1. The van der Waals surface area contributed by atoms with Crippen LogP contribution in [0.4, 0.5) is 5.13 Å². The number of rotatable bonds is 34. The zero-order chi connectivity index (χ0) is 108. The number of ether oxygens (including phenoxy) is 6. The Bertz CT molecular complexity index is 6410. The number of pyridine rings is 1. The number of β-lactam (4-membered cyclic amide) rings is 1. The second-order valence-electron chi connectivity index (χ2n) is 37.0. The number of hydrogen-bond donors (Lipinski definition) is 24. The number of aliphatic carboxylic acids is 2. The lowest BCUT2D eigenvalue weighted by atomic mass is 9.86. The molecule has 3 fully saturated rings. The number of nitrogens with two attached hydrogens (primary N) is 3. The van der Waals surface area contributed by atoms with E-state index in [2.05, 4.69) is 68.6 Å². The van der Waals surface area contributed by atoms with Gasteiger partial charge in [-0.25, -0.2) is 14.3 Å². The SMILES string of the molecule is CN[C@H](CC(C)C)C(=O)NC1C(=O)N[C@@H](CC(N)=O)C(=O)N[C@H]2C(=O)N[C@H]3C(=O)N[C@H](C(=O)N[C@H](C(=O)O)c4cc(O)c(CNCCNC(=O)CCCCC(=O)NCCCO/N=C(\C(=O)N[C@@H]5C(=O)N6C(C(=O)[O-])=C(C[n+]7ccccc7)CS[C@H]56)c5nc(N)sc5Cl)c(O)c4-c4cc3ccc4O)[C@H](O)c3ccc(c(Cl)c3)Oc3cc2cc(c3O[C@@H]2O[C@H](CO)[C@@H](O)[C@H](O)[C@H]2O[C@H]2C[C@](C)(N)[C@H](O)[C@H](C)O2)Oc2ccc(cc2Cl)[C@H]1O. The molecule has 7 aromatic rings. The molecular formula is C96H111Cl3N18O31S2. The van der Waals surface area contributed by atoms with Crippen molar-refractivity contribution in [2.45, 2.75) is 213 Å². The average molecular weight is 2180 g/mol. The molecule has 11 heterocycles. The highest BCUT2D eigenvalue weighted by Crippen LogP contribution is 2.52. The van der Waals surface area contributed by atoms with Gasteiger partial charge in [0.05, 0.1) is 58.6 Å². The third-order valence-corrected chi connectivity index (χ3v) is 28.7. The summed E-state index contributed by atoms with van der Waals surface area (Å²) in [5.41, 5.74) is 12.5. The van der Waals surface area contributed by atoms with Crippen LogP contribution >= 0.6 is 57.9 Å². The summed E-state index contributed by atoms with van der Waals surface area (Å²) in [4.78, 5) is 197. The number of anilines is 1. The van der Waals surface area contributed by atoms with Crippen LogP contribution in [0.5, 0.6) is 46.0 Å². The first kappa shape index (κ1) is 112. The molecule has 27 N–H and O–H groups in total. The number of thioether (sulfide) groups is 1. The number of nitrogen functional groups attached to an aromatic ring is 1. The summed E-state index contributed by atoms with van der Waals surface area (Å²) < 4.78 is 40.4. The molecule has 0 saturated carbocycles. The monoisotopic (exact) mass is 2180 g/mol. The van der Waals surface area contributed by atoms with E-state index in [0.29, 0.717) is 5.57 Å². The van der Waals surface area contributed by atoms with Crippen molar-refractivity contribution >= 4 is 146 Å². The third-order valence-electron chi connectivity index (χ3n) is 25.6. The van der Waals surface area contributed by atoms with Gasteiger partial charge in [0.15, 0.2) is 59.7 Å². The Morgan fingerprint density at radius 1 is 0.733 bits per heavy atom. The van der Waals surface area contributed by atoms with E-state index in [9.17, 15) is 94.5 Å². The first-order valence-corrected chi connectivity index (χ1v) is 50.3. The van der Waals surface area contributed by atoms with Crippen LogP contribution in [0.2, 0.25) is 14.4 Å². The molecule has 0 radical (unpaired) electrons. The number of primary amides is 1. The number of aromatic hydroxyl groups is 3. The standard InChI is InChI=1S/C96H111Cl3N18O31S2/c1-39(2)26-51(103-5)83(130)111-70-74(124)42-15-18-55(49(97)28-42)144-57-30-44-31-58(79(57)148-94-80(78(128)77(127)59(37-118)146-94)147-63-34-96(4,102)81(129)40(3)143-63)145-56-19-16-43(29-50(56)98)75(125)71-89(136)110-67(92(138)139)47-32-54(120)48(76(126)64(47)46-27-41(14-17-53(46)119)65(85(132)112-71)109-86(133)66(44)108-84(131)52(33-60(100)121)107-88(70)135)35-104-21-22-106-62(123)13-8-7-12-61(122)105-20-11-25-142-115-69(68-82(99)150-95(101)114-68)87(134)113-72-90(137)117-73(93(140)141)45(38-149-91(72)117)36-116-23-9-6-10-24-116/h6,9-10,14-19,23-24,27-32,39-40,51-52,59,63,65-67,70-72,74-75,77-78,80-81,91,94,103-104,118,124-125,127-129H,7-8,11-13,20-22,25-26,33-38,102H2,1-5H3,(H17-,100,101,105,106,107,108,109,110,111,112,113,114,115,119,120,121,122,123,126,130,131,132,133,134,135,136,138,139,140,141)/t40-,51+,52-,59+,63-,65+,66+,67-,70?,71-,72+,74+,75+,77+,78-,80+,81+,91+,94-,96-/m0/s1. The van der Waals surface area contributed by atoms with Gasteiger partial charge >= 0.3 is 5.97 Å². The highest BCUT2D eigenvalue weighted by atomic mass is 35.5. The maximum absolute atomic E-state index is 16.4. The van der Waals surface area contributed by atoms with E-state index in [4.69, 9.17) is 85.3 Å². The van der Waals surface area contributed by atoms with Crippen molar-refractivity contribution in [1.82, 2.24) is 68.4 Å². The van der Waals surface area contributed by atoms with Gasteiger partial charge in [0.1, 0.15) is 118 Å². The summed E-state index contributed by atoms with van der Waals surface area (Å²) in [6.45, 7) is 4.90. The first-order chi connectivity index (χ1) is 71.3. The molecule has 2 aromatic heterocycles. The molecule has 0 spiro atoms. The topological polar surface area (TPSA) is 755 Å². The number of fused-ring (bicyclic) bond motifs is 16. The number of aliphatic hydroxyl groups excluding tert-OH is 6. The number of nitrogens with one attached hydrogen (secondary N) is 11. The number of carboxylic acid groups (broad SMARTS) is 2. The number of hydrogen-bond acceptors (Lipinski definition) is 38. The number of phenolic OH excluding ortho intramolecular Hbond substituents is 3. The number of halogens is 3. The summed E-state index contributed by atoms with van der Waals surface area (Å²) in [6.07, 6.45) is -15.2. The third kappa shape index (κ3) is 25.7. The highest BCUT2D eigenvalue weighted by molar-refractivity contribution is 8.00. The van der Waals surface area contributed by atoms with Crippen LogP contribution in [0.1, 0.15) is 148 Å². The van der Waals surface area contributed by atoms with E-state index in [-0.39, 0.29) is 127 Å². The van der Waals surface area contributed by atoms with Crippen molar-refractivity contribution in [2.75, 3.05) is 51.4 Å². The predicted molar refractivity (Wildman–Crippen MR) is 528 cm³/mol. The number of aromatic nitrogens is 2.